The molecule has 0 aliphatic carbocycles. The molecule has 1 rings (SSSR count). The van der Waals surface area contributed by atoms with Crippen molar-refractivity contribution in [1.29, 1.82) is 0 Å². The maximum Gasteiger partial charge on any atom is 0.410 e. The Kier molecular flexibility index (Phi) is 5.11. The van der Waals surface area contributed by atoms with Gasteiger partial charge < -0.3 is 9.53 Å². The van der Waals surface area contributed by atoms with Gasteiger partial charge in [-0.05, 0) is 45.4 Å². The van der Waals surface area contributed by atoms with Gasteiger partial charge >= 0.3 is 6.09 Å². The molecule has 1 unspecified atom stereocenters. The number of carbonyl (C=O) groups excluding carboxylic acids is 2. The first-order valence-corrected chi connectivity index (χ1v) is 6.57. The second-order valence-electron chi connectivity index (χ2n) is 5.54. The number of likely N-dealkylation sites (N-methyl/N-ethyl adjacent to an activating group) is 1. The van der Waals surface area contributed by atoms with Crippen LogP contribution in [0.1, 0.15) is 38.1 Å². The van der Waals surface area contributed by atoms with Gasteiger partial charge in [0.05, 0.1) is 0 Å². The summed E-state index contributed by atoms with van der Waals surface area (Å²) in [6.07, 6.45) is 0.106. The maximum absolute atomic E-state index is 12.0. The van der Waals surface area contributed by atoms with Crippen LogP contribution in [0.2, 0.25) is 5.15 Å². The first kappa shape index (κ1) is 16.4. The Hall–Kier alpha value is -1.62. The Balaban J connectivity index is 3.00. The van der Waals surface area contributed by atoms with Crippen LogP contribution in [0.25, 0.3) is 0 Å². The Labute approximate surface area is 123 Å². The monoisotopic (exact) mass is 298 g/mol. The summed E-state index contributed by atoms with van der Waals surface area (Å²) in [4.78, 5) is 28.6. The molecule has 1 heterocycles. The molecule has 110 valence electrons. The third-order valence-corrected chi connectivity index (χ3v) is 2.71. The van der Waals surface area contributed by atoms with Crippen molar-refractivity contribution < 1.29 is 14.3 Å². The van der Waals surface area contributed by atoms with Crippen molar-refractivity contribution in [3.63, 3.8) is 0 Å². The second-order valence-corrected chi connectivity index (χ2v) is 5.92. The zero-order valence-corrected chi connectivity index (χ0v) is 13.1. The Morgan fingerprint density at radius 1 is 1.45 bits per heavy atom. The first-order chi connectivity index (χ1) is 9.14. The number of amides is 1. The lowest BCUT2D eigenvalue weighted by atomic mass is 10.1. The molecule has 1 atom stereocenters. The fourth-order valence-electron chi connectivity index (χ4n) is 1.67. The van der Waals surface area contributed by atoms with Crippen molar-refractivity contribution in [2.75, 3.05) is 7.05 Å². The molecule has 0 bridgehead atoms. The summed E-state index contributed by atoms with van der Waals surface area (Å²) in [5.74, 6) is 0. The minimum absolute atomic E-state index is 0.282. The molecule has 1 aromatic heterocycles. The number of hydrogen-bond donors (Lipinski definition) is 0. The summed E-state index contributed by atoms with van der Waals surface area (Å²) in [7, 11) is 1.51. The van der Waals surface area contributed by atoms with Gasteiger partial charge in [0, 0.05) is 12.7 Å². The van der Waals surface area contributed by atoms with Gasteiger partial charge in [0.1, 0.15) is 23.1 Å². The van der Waals surface area contributed by atoms with Gasteiger partial charge in [-0.25, -0.2) is 9.78 Å². The zero-order chi connectivity index (χ0) is 15.5. The van der Waals surface area contributed by atoms with Crippen LogP contribution in [0.3, 0.4) is 0 Å². The summed E-state index contributed by atoms with van der Waals surface area (Å²) in [5.41, 5.74) is 0.660. The molecule has 0 aromatic carbocycles. The fraction of sp³-hybridized carbons (Fsp3) is 0.500. The Bertz CT molecular complexity index is 491. The third kappa shape index (κ3) is 4.49. The predicted octanol–water partition coefficient (Wildman–Crippen LogP) is 3.15. The molecule has 0 N–H and O–H groups in total. The highest BCUT2D eigenvalue weighted by atomic mass is 35.5. The summed E-state index contributed by atoms with van der Waals surface area (Å²) in [6.45, 7) is 7.07. The molecule has 1 aromatic rings. The van der Waals surface area contributed by atoms with E-state index in [-0.39, 0.29) is 5.15 Å². The van der Waals surface area contributed by atoms with E-state index in [0.717, 1.165) is 0 Å². The van der Waals surface area contributed by atoms with E-state index in [1.807, 2.05) is 0 Å². The number of aldehydes is 1. The SMILES string of the molecule is Cc1cc(C(C=O)N(C)C(=O)OC(C)(C)C)cc(Cl)n1. The topological polar surface area (TPSA) is 59.5 Å². The average molecular weight is 299 g/mol. The number of rotatable bonds is 3. The van der Waals surface area contributed by atoms with E-state index in [1.165, 1.54) is 11.9 Å². The number of aromatic nitrogens is 1. The zero-order valence-electron chi connectivity index (χ0n) is 12.3. The van der Waals surface area contributed by atoms with Gasteiger partial charge in [0.2, 0.25) is 0 Å². The lowest BCUT2D eigenvalue weighted by Gasteiger charge is -2.28. The van der Waals surface area contributed by atoms with Crippen LogP contribution in [0.5, 0.6) is 0 Å². The van der Waals surface area contributed by atoms with E-state index >= 15 is 0 Å². The summed E-state index contributed by atoms with van der Waals surface area (Å²) in [6, 6.07) is 2.52. The number of hydrogen-bond acceptors (Lipinski definition) is 4. The second kappa shape index (κ2) is 6.22. The van der Waals surface area contributed by atoms with E-state index in [4.69, 9.17) is 16.3 Å². The first-order valence-electron chi connectivity index (χ1n) is 6.19. The molecule has 0 aliphatic rings. The van der Waals surface area contributed by atoms with Gasteiger partial charge in [-0.1, -0.05) is 11.6 Å². The molecular formula is C14H19ClN2O3. The minimum atomic E-state index is -0.760. The van der Waals surface area contributed by atoms with Crippen LogP contribution in [0.4, 0.5) is 4.79 Å². The van der Waals surface area contributed by atoms with Gasteiger partial charge in [0.25, 0.3) is 0 Å². The van der Waals surface area contributed by atoms with E-state index in [2.05, 4.69) is 4.98 Å². The molecule has 5 nitrogen and oxygen atoms in total. The number of pyridine rings is 1. The minimum Gasteiger partial charge on any atom is -0.444 e. The quantitative estimate of drug-likeness (QED) is 0.635. The lowest BCUT2D eigenvalue weighted by Crippen LogP contribution is -2.37. The van der Waals surface area contributed by atoms with Crippen LogP contribution in [0.15, 0.2) is 12.1 Å². The molecule has 0 saturated heterocycles. The molecule has 6 heteroatoms. The summed E-state index contributed by atoms with van der Waals surface area (Å²) in [5, 5.41) is 0.282. The van der Waals surface area contributed by atoms with Crippen LogP contribution < -0.4 is 0 Å². The highest BCUT2D eigenvalue weighted by molar-refractivity contribution is 6.29. The highest BCUT2D eigenvalue weighted by Crippen LogP contribution is 2.22. The third-order valence-electron chi connectivity index (χ3n) is 2.51. The average Bonchev–Trinajstić information content (AvgIpc) is 2.26. The van der Waals surface area contributed by atoms with Crippen LogP contribution in [-0.2, 0) is 9.53 Å². The number of aryl methyl sites for hydroxylation is 1. The van der Waals surface area contributed by atoms with Gasteiger partial charge in [-0.15, -0.1) is 0 Å². The molecule has 20 heavy (non-hydrogen) atoms. The Morgan fingerprint density at radius 2 is 2.05 bits per heavy atom. The smallest absolute Gasteiger partial charge is 0.410 e. The normalized spacial score (nSPS) is 12.7. The molecule has 0 aliphatic heterocycles. The fourth-order valence-corrected chi connectivity index (χ4v) is 1.92. The molecular weight excluding hydrogens is 280 g/mol. The maximum atomic E-state index is 12.0. The number of nitrogens with zero attached hydrogens (tertiary/aromatic N) is 2. The van der Waals surface area contributed by atoms with Crippen LogP contribution >= 0.6 is 11.6 Å². The standard InChI is InChI=1S/C14H19ClN2O3/c1-9-6-10(7-12(15)16-9)11(8-18)17(5)13(19)20-14(2,3)4/h6-8,11H,1-5H3. The van der Waals surface area contributed by atoms with Crippen molar-refractivity contribution in [3.05, 3.63) is 28.5 Å². The van der Waals surface area contributed by atoms with Crippen molar-refractivity contribution in [1.82, 2.24) is 9.88 Å². The summed E-state index contributed by atoms with van der Waals surface area (Å²) < 4.78 is 5.24. The van der Waals surface area contributed by atoms with E-state index in [0.29, 0.717) is 17.5 Å². The number of halogens is 1. The largest absolute Gasteiger partial charge is 0.444 e. The van der Waals surface area contributed by atoms with Gasteiger partial charge in [0.15, 0.2) is 0 Å². The predicted molar refractivity (Wildman–Crippen MR) is 76.8 cm³/mol. The molecule has 0 saturated carbocycles. The molecule has 0 spiro atoms. The molecule has 0 radical (unpaired) electrons. The Morgan fingerprint density at radius 3 is 2.50 bits per heavy atom. The lowest BCUT2D eigenvalue weighted by molar-refractivity contribution is -0.112. The van der Waals surface area contributed by atoms with Gasteiger partial charge in [-0.3, -0.25) is 4.90 Å². The van der Waals surface area contributed by atoms with Crippen molar-refractivity contribution >= 4 is 24.0 Å². The molecule has 1 amide bonds. The van der Waals surface area contributed by atoms with Crippen molar-refractivity contribution in [2.24, 2.45) is 0 Å². The van der Waals surface area contributed by atoms with Crippen molar-refractivity contribution in [3.8, 4) is 0 Å². The van der Waals surface area contributed by atoms with Crippen LogP contribution in [0, 0.1) is 6.92 Å². The van der Waals surface area contributed by atoms with E-state index in [9.17, 15) is 9.59 Å². The number of carbonyl (C=O) groups is 2. The highest BCUT2D eigenvalue weighted by Gasteiger charge is 2.26. The van der Waals surface area contributed by atoms with Gasteiger partial charge in [-0.2, -0.15) is 0 Å². The van der Waals surface area contributed by atoms with E-state index < -0.39 is 17.7 Å². The summed E-state index contributed by atoms with van der Waals surface area (Å²) >= 11 is 5.88. The number of ether oxygens (including phenoxy) is 1. The van der Waals surface area contributed by atoms with E-state index in [1.54, 1.807) is 39.8 Å². The molecule has 0 fully saturated rings. The van der Waals surface area contributed by atoms with Crippen molar-refractivity contribution in [2.45, 2.75) is 39.3 Å². The van der Waals surface area contributed by atoms with Crippen LogP contribution in [-0.4, -0.2) is 34.9 Å².